The number of hydrogen-bond donors (Lipinski definition) is 0. The molecule has 13 heavy (non-hydrogen) atoms. The van der Waals surface area contributed by atoms with Gasteiger partial charge in [-0.1, -0.05) is 20.8 Å². The number of nitrogens with zero attached hydrogens (tertiary/aromatic N) is 4. The van der Waals surface area contributed by atoms with Gasteiger partial charge in [0.15, 0.2) is 5.65 Å². The second-order valence-electron chi connectivity index (χ2n) is 4.09. The fourth-order valence-corrected chi connectivity index (χ4v) is 1.28. The second kappa shape index (κ2) is 2.52. The first kappa shape index (κ1) is 8.16. The van der Waals surface area contributed by atoms with Crippen LogP contribution in [0.1, 0.15) is 26.3 Å². The van der Waals surface area contributed by atoms with Crippen molar-refractivity contribution in [3.05, 3.63) is 24.4 Å². The molecular formula is C9H12N4. The quantitative estimate of drug-likeness (QED) is 0.609. The molecule has 68 valence electrons. The van der Waals surface area contributed by atoms with Crippen LogP contribution in [0.25, 0.3) is 5.65 Å². The van der Waals surface area contributed by atoms with Gasteiger partial charge in [-0.2, -0.15) is 5.10 Å². The molecule has 4 heteroatoms. The Balaban J connectivity index is 2.72. The van der Waals surface area contributed by atoms with Crippen LogP contribution < -0.4 is 0 Å². The smallest absolute Gasteiger partial charge is 0.162 e. The van der Waals surface area contributed by atoms with Gasteiger partial charge in [0.25, 0.3) is 0 Å². The number of aromatic nitrogens is 4. The molecule has 0 saturated heterocycles. The third-order valence-corrected chi connectivity index (χ3v) is 2.00. The van der Waals surface area contributed by atoms with Gasteiger partial charge in [-0.05, 0) is 5.41 Å². The Morgan fingerprint density at radius 3 is 2.77 bits per heavy atom. The molecule has 2 rings (SSSR count). The third kappa shape index (κ3) is 1.28. The molecular weight excluding hydrogens is 164 g/mol. The molecule has 0 aliphatic carbocycles. The highest BCUT2D eigenvalue weighted by atomic mass is 15.3. The highest BCUT2D eigenvalue weighted by Gasteiger charge is 2.19. The summed E-state index contributed by atoms with van der Waals surface area (Å²) in [7, 11) is 0. The fraction of sp³-hybridized carbons (Fsp3) is 0.444. The van der Waals surface area contributed by atoms with Crippen LogP contribution in [0, 0.1) is 0 Å². The zero-order valence-corrected chi connectivity index (χ0v) is 8.02. The first-order valence-electron chi connectivity index (χ1n) is 4.23. The summed E-state index contributed by atoms with van der Waals surface area (Å²) in [6.45, 7) is 6.43. The largest absolute Gasteiger partial charge is 0.225 e. The molecule has 0 unspecified atom stereocenters. The van der Waals surface area contributed by atoms with E-state index in [2.05, 4.69) is 35.8 Å². The van der Waals surface area contributed by atoms with Gasteiger partial charge in [-0.3, -0.25) is 0 Å². The molecule has 4 nitrogen and oxygen atoms in total. The van der Waals surface area contributed by atoms with Crippen LogP contribution in [-0.2, 0) is 5.41 Å². The van der Waals surface area contributed by atoms with Crippen LogP contribution in [-0.4, -0.2) is 19.6 Å². The molecule has 0 fully saturated rings. The fourth-order valence-electron chi connectivity index (χ4n) is 1.28. The number of rotatable bonds is 0. The summed E-state index contributed by atoms with van der Waals surface area (Å²) in [5.41, 5.74) is 2.12. The maximum Gasteiger partial charge on any atom is 0.162 e. The van der Waals surface area contributed by atoms with E-state index >= 15 is 0 Å². The topological polar surface area (TPSA) is 43.1 Å². The summed E-state index contributed by atoms with van der Waals surface area (Å²) in [4.78, 5) is 8.09. The first-order chi connectivity index (χ1) is 6.09. The van der Waals surface area contributed by atoms with Crippen LogP contribution in [0.2, 0.25) is 0 Å². The van der Waals surface area contributed by atoms with E-state index in [0.29, 0.717) is 0 Å². The van der Waals surface area contributed by atoms with Gasteiger partial charge in [0, 0.05) is 5.56 Å². The Morgan fingerprint density at radius 1 is 1.31 bits per heavy atom. The summed E-state index contributed by atoms with van der Waals surface area (Å²) in [5, 5.41) is 4.18. The van der Waals surface area contributed by atoms with E-state index in [1.807, 2.05) is 6.20 Å². The standard InChI is InChI=1S/C9H12N4/c1-9(2,3)7-4-12-13-6-10-5-11-8(7)13/h4-6H,1-3H3. The van der Waals surface area contributed by atoms with Crippen LogP contribution in [0.4, 0.5) is 0 Å². The lowest BCUT2D eigenvalue weighted by atomic mass is 9.89. The normalized spacial score (nSPS) is 12.2. The monoisotopic (exact) mass is 176 g/mol. The van der Waals surface area contributed by atoms with Crippen LogP contribution in [0.3, 0.4) is 0 Å². The molecule has 0 aliphatic heterocycles. The molecule has 2 aromatic heterocycles. The van der Waals surface area contributed by atoms with E-state index in [4.69, 9.17) is 0 Å². The van der Waals surface area contributed by atoms with E-state index in [1.165, 1.54) is 0 Å². The lowest BCUT2D eigenvalue weighted by molar-refractivity contribution is 0.594. The van der Waals surface area contributed by atoms with E-state index in [-0.39, 0.29) is 5.41 Å². The zero-order chi connectivity index (χ0) is 9.47. The van der Waals surface area contributed by atoms with Crippen molar-refractivity contribution in [2.45, 2.75) is 26.2 Å². The van der Waals surface area contributed by atoms with Crippen molar-refractivity contribution in [3.8, 4) is 0 Å². The van der Waals surface area contributed by atoms with E-state index in [9.17, 15) is 0 Å². The Morgan fingerprint density at radius 2 is 2.08 bits per heavy atom. The molecule has 0 aliphatic rings. The average molecular weight is 176 g/mol. The summed E-state index contributed by atoms with van der Waals surface area (Å²) in [5.74, 6) is 0. The van der Waals surface area contributed by atoms with Gasteiger partial charge < -0.3 is 0 Å². The minimum Gasteiger partial charge on any atom is -0.225 e. The van der Waals surface area contributed by atoms with Crippen molar-refractivity contribution in [1.29, 1.82) is 0 Å². The molecule has 0 amide bonds. The highest BCUT2D eigenvalue weighted by molar-refractivity contribution is 5.48. The summed E-state index contributed by atoms with van der Waals surface area (Å²) in [6.07, 6.45) is 5.06. The predicted molar refractivity (Wildman–Crippen MR) is 49.5 cm³/mol. The van der Waals surface area contributed by atoms with E-state index < -0.39 is 0 Å². The molecule has 2 heterocycles. The molecule has 0 spiro atoms. The highest BCUT2D eigenvalue weighted by Crippen LogP contribution is 2.24. The zero-order valence-electron chi connectivity index (χ0n) is 8.02. The molecule has 0 N–H and O–H groups in total. The van der Waals surface area contributed by atoms with Gasteiger partial charge in [-0.15, -0.1) is 0 Å². The average Bonchev–Trinajstić information content (AvgIpc) is 2.45. The molecule has 2 aromatic rings. The molecule has 0 radical (unpaired) electrons. The summed E-state index contributed by atoms with van der Waals surface area (Å²) >= 11 is 0. The molecule has 0 atom stereocenters. The summed E-state index contributed by atoms with van der Waals surface area (Å²) in [6, 6.07) is 0. The van der Waals surface area contributed by atoms with Crippen LogP contribution in [0.5, 0.6) is 0 Å². The third-order valence-electron chi connectivity index (χ3n) is 2.00. The van der Waals surface area contributed by atoms with Gasteiger partial charge in [0.2, 0.25) is 0 Å². The van der Waals surface area contributed by atoms with E-state index in [0.717, 1.165) is 11.2 Å². The Kier molecular flexibility index (Phi) is 1.58. The maximum absolute atomic E-state index is 4.20. The Bertz CT molecular complexity index is 424. The first-order valence-corrected chi connectivity index (χ1v) is 4.23. The predicted octanol–water partition coefficient (Wildman–Crippen LogP) is 1.42. The van der Waals surface area contributed by atoms with E-state index in [1.54, 1.807) is 17.2 Å². The lowest BCUT2D eigenvalue weighted by Gasteiger charge is -2.15. The second-order valence-corrected chi connectivity index (χ2v) is 4.09. The molecule has 0 aromatic carbocycles. The SMILES string of the molecule is CC(C)(C)c1cnn2cncnc12. The van der Waals surface area contributed by atoms with Gasteiger partial charge in [0.1, 0.15) is 12.7 Å². The number of fused-ring (bicyclic) bond motifs is 1. The van der Waals surface area contributed by atoms with Gasteiger partial charge in [-0.25, -0.2) is 14.5 Å². The van der Waals surface area contributed by atoms with Crippen molar-refractivity contribution in [3.63, 3.8) is 0 Å². The summed E-state index contributed by atoms with van der Waals surface area (Å²) < 4.78 is 1.70. The van der Waals surface area contributed by atoms with Crippen molar-refractivity contribution in [2.24, 2.45) is 0 Å². The Hall–Kier alpha value is -1.45. The van der Waals surface area contributed by atoms with Crippen LogP contribution >= 0.6 is 0 Å². The minimum absolute atomic E-state index is 0.0795. The van der Waals surface area contributed by atoms with Crippen LogP contribution in [0.15, 0.2) is 18.9 Å². The van der Waals surface area contributed by atoms with Crippen molar-refractivity contribution < 1.29 is 0 Å². The van der Waals surface area contributed by atoms with Crippen molar-refractivity contribution in [2.75, 3.05) is 0 Å². The maximum atomic E-state index is 4.20. The molecule has 0 saturated carbocycles. The van der Waals surface area contributed by atoms with Crippen molar-refractivity contribution in [1.82, 2.24) is 19.6 Å². The molecule has 0 bridgehead atoms. The number of hydrogen-bond acceptors (Lipinski definition) is 3. The van der Waals surface area contributed by atoms with Gasteiger partial charge >= 0.3 is 0 Å². The Labute approximate surface area is 76.6 Å². The lowest BCUT2D eigenvalue weighted by Crippen LogP contribution is -2.11. The van der Waals surface area contributed by atoms with Crippen molar-refractivity contribution >= 4 is 5.65 Å². The van der Waals surface area contributed by atoms with Gasteiger partial charge in [0.05, 0.1) is 6.20 Å². The minimum atomic E-state index is 0.0795.